The van der Waals surface area contributed by atoms with Gasteiger partial charge in [-0.25, -0.2) is 0 Å². The van der Waals surface area contributed by atoms with Crippen LogP contribution >= 0.6 is 0 Å². The molecule has 0 saturated heterocycles. The summed E-state index contributed by atoms with van der Waals surface area (Å²) in [6.07, 6.45) is 0.756. The van der Waals surface area contributed by atoms with Gasteiger partial charge >= 0.3 is 0 Å². The van der Waals surface area contributed by atoms with Crippen LogP contribution in [0.3, 0.4) is 0 Å². The van der Waals surface area contributed by atoms with Crippen LogP contribution in [0.1, 0.15) is 38.3 Å². The molecule has 0 atom stereocenters. The highest BCUT2D eigenvalue weighted by Gasteiger charge is 2.25. The van der Waals surface area contributed by atoms with E-state index in [2.05, 4.69) is 11.4 Å². The molecule has 0 aliphatic carbocycles. The quantitative estimate of drug-likeness (QED) is 0.866. The summed E-state index contributed by atoms with van der Waals surface area (Å²) in [5.74, 6) is -0.0536. The summed E-state index contributed by atoms with van der Waals surface area (Å²) in [5.41, 5.74) is 1.59. The lowest BCUT2D eigenvalue weighted by Crippen LogP contribution is -2.30. The van der Waals surface area contributed by atoms with Gasteiger partial charge in [0.1, 0.15) is 6.07 Å². The molecule has 1 aromatic rings. The maximum absolute atomic E-state index is 12.0. The molecule has 0 bridgehead atoms. The summed E-state index contributed by atoms with van der Waals surface area (Å²) in [6, 6.07) is 7.58. The normalized spacial score (nSPS) is 10.8. The van der Waals surface area contributed by atoms with Gasteiger partial charge in [0, 0.05) is 5.41 Å². The lowest BCUT2D eigenvalue weighted by atomic mass is 9.89. The number of amides is 1. The third kappa shape index (κ3) is 2.85. The Hall–Kier alpha value is -1.82. The molecule has 17 heavy (non-hydrogen) atoms. The van der Waals surface area contributed by atoms with Gasteiger partial charge in [-0.15, -0.1) is 0 Å². The molecule has 1 aromatic carbocycles. The van der Waals surface area contributed by atoms with Gasteiger partial charge < -0.3 is 5.32 Å². The van der Waals surface area contributed by atoms with Crippen LogP contribution in [0.5, 0.6) is 0 Å². The molecule has 0 aliphatic rings. The molecule has 0 radical (unpaired) electrons. The van der Waals surface area contributed by atoms with Crippen molar-refractivity contribution >= 4 is 11.6 Å². The van der Waals surface area contributed by atoms with Crippen LogP contribution in [0.25, 0.3) is 0 Å². The second-order valence-corrected chi connectivity index (χ2v) is 4.80. The molecule has 3 heteroatoms. The summed E-state index contributed by atoms with van der Waals surface area (Å²) in [5, 5.41) is 11.9. The molecule has 0 aromatic heterocycles. The summed E-state index contributed by atoms with van der Waals surface area (Å²) in [7, 11) is 0. The van der Waals surface area contributed by atoms with Gasteiger partial charge in [-0.1, -0.05) is 32.9 Å². The largest absolute Gasteiger partial charge is 0.324 e. The smallest absolute Gasteiger partial charge is 0.230 e. The summed E-state index contributed by atoms with van der Waals surface area (Å²) >= 11 is 0. The van der Waals surface area contributed by atoms with Crippen molar-refractivity contribution in [2.75, 3.05) is 5.32 Å². The molecule has 1 N–H and O–H groups in total. The van der Waals surface area contributed by atoms with Crippen molar-refractivity contribution in [2.45, 2.75) is 34.1 Å². The fourth-order valence-electron chi connectivity index (χ4n) is 1.37. The molecule has 90 valence electrons. The summed E-state index contributed by atoms with van der Waals surface area (Å²) in [6.45, 7) is 7.62. The van der Waals surface area contributed by atoms with Crippen LogP contribution in [-0.4, -0.2) is 5.91 Å². The lowest BCUT2D eigenvalue weighted by Gasteiger charge is -2.22. The molecule has 0 aliphatic heterocycles. The van der Waals surface area contributed by atoms with E-state index in [0.29, 0.717) is 11.3 Å². The monoisotopic (exact) mass is 230 g/mol. The van der Waals surface area contributed by atoms with Crippen molar-refractivity contribution in [1.82, 2.24) is 0 Å². The third-order valence-electron chi connectivity index (χ3n) is 3.13. The van der Waals surface area contributed by atoms with Gasteiger partial charge in [-0.05, 0) is 25.0 Å². The summed E-state index contributed by atoms with van der Waals surface area (Å²) in [4.78, 5) is 12.0. The number of nitrogens with zero attached hydrogens (tertiary/aromatic N) is 1. The van der Waals surface area contributed by atoms with Gasteiger partial charge in [-0.2, -0.15) is 5.26 Å². The summed E-state index contributed by atoms with van der Waals surface area (Å²) < 4.78 is 0. The van der Waals surface area contributed by atoms with E-state index in [1.54, 1.807) is 6.07 Å². The highest BCUT2D eigenvalue weighted by atomic mass is 16.2. The molecule has 0 fully saturated rings. The predicted octanol–water partition coefficient (Wildman–Crippen LogP) is 3.24. The van der Waals surface area contributed by atoms with Gasteiger partial charge in [0.25, 0.3) is 0 Å². The molecule has 1 rings (SSSR count). The minimum Gasteiger partial charge on any atom is -0.324 e. The van der Waals surface area contributed by atoms with Crippen molar-refractivity contribution in [3.63, 3.8) is 0 Å². The average molecular weight is 230 g/mol. The van der Waals surface area contributed by atoms with E-state index in [9.17, 15) is 4.79 Å². The van der Waals surface area contributed by atoms with Gasteiger partial charge in [0.15, 0.2) is 0 Å². The molecule has 0 unspecified atom stereocenters. The lowest BCUT2D eigenvalue weighted by molar-refractivity contribution is -0.124. The van der Waals surface area contributed by atoms with Crippen LogP contribution < -0.4 is 5.32 Å². The Morgan fingerprint density at radius 1 is 1.47 bits per heavy atom. The van der Waals surface area contributed by atoms with Crippen LogP contribution in [0.2, 0.25) is 0 Å². The van der Waals surface area contributed by atoms with Crippen molar-refractivity contribution in [3.8, 4) is 6.07 Å². The molecule has 0 spiro atoms. The van der Waals surface area contributed by atoms with Gasteiger partial charge in [-0.3, -0.25) is 4.79 Å². The first-order chi connectivity index (χ1) is 7.92. The van der Waals surface area contributed by atoms with E-state index in [0.717, 1.165) is 12.0 Å². The van der Waals surface area contributed by atoms with Crippen molar-refractivity contribution in [1.29, 1.82) is 5.26 Å². The first-order valence-corrected chi connectivity index (χ1v) is 5.73. The van der Waals surface area contributed by atoms with E-state index in [1.807, 2.05) is 39.8 Å². The highest BCUT2D eigenvalue weighted by Crippen LogP contribution is 2.24. The molecule has 0 saturated carbocycles. The van der Waals surface area contributed by atoms with E-state index < -0.39 is 5.41 Å². The molecule has 1 amide bonds. The van der Waals surface area contributed by atoms with Crippen LogP contribution in [-0.2, 0) is 4.79 Å². The number of hydrogen-bond acceptors (Lipinski definition) is 2. The van der Waals surface area contributed by atoms with E-state index in [-0.39, 0.29) is 5.91 Å². The van der Waals surface area contributed by atoms with Crippen molar-refractivity contribution in [3.05, 3.63) is 29.3 Å². The van der Waals surface area contributed by atoms with Crippen LogP contribution in [0, 0.1) is 23.7 Å². The zero-order chi connectivity index (χ0) is 13.1. The number of nitriles is 1. The number of anilines is 1. The number of nitrogens with one attached hydrogen (secondary N) is 1. The Kier molecular flexibility index (Phi) is 3.90. The van der Waals surface area contributed by atoms with Gasteiger partial charge in [0.2, 0.25) is 5.91 Å². The molecule has 3 nitrogen and oxygen atoms in total. The Balaban J connectivity index is 3.02. The van der Waals surface area contributed by atoms with Crippen LogP contribution in [0.15, 0.2) is 18.2 Å². The number of carbonyl (C=O) groups is 1. The van der Waals surface area contributed by atoms with Crippen molar-refractivity contribution in [2.24, 2.45) is 5.41 Å². The SMILES string of the molecule is CCC(C)(C)C(=O)Nc1cccc(C)c1C#N. The second-order valence-electron chi connectivity index (χ2n) is 4.80. The Labute approximate surface area is 102 Å². The Morgan fingerprint density at radius 2 is 2.12 bits per heavy atom. The minimum atomic E-state index is -0.420. The van der Waals surface area contributed by atoms with E-state index in [1.165, 1.54) is 0 Å². The van der Waals surface area contributed by atoms with Crippen molar-refractivity contribution < 1.29 is 4.79 Å². The molecule has 0 heterocycles. The number of benzene rings is 1. The van der Waals surface area contributed by atoms with Gasteiger partial charge in [0.05, 0.1) is 11.3 Å². The fraction of sp³-hybridized carbons (Fsp3) is 0.429. The van der Waals surface area contributed by atoms with E-state index >= 15 is 0 Å². The zero-order valence-electron chi connectivity index (χ0n) is 10.8. The zero-order valence-corrected chi connectivity index (χ0v) is 10.8. The predicted molar refractivity (Wildman–Crippen MR) is 68.6 cm³/mol. The number of carbonyl (C=O) groups excluding carboxylic acids is 1. The molecular formula is C14H18N2O. The van der Waals surface area contributed by atoms with E-state index in [4.69, 9.17) is 5.26 Å². The second kappa shape index (κ2) is 5.01. The fourth-order valence-corrected chi connectivity index (χ4v) is 1.37. The number of aryl methyl sites for hydroxylation is 1. The number of rotatable bonds is 3. The standard InChI is InChI=1S/C14H18N2O/c1-5-14(3,4)13(17)16-12-8-6-7-10(2)11(12)9-15/h6-8H,5H2,1-4H3,(H,16,17). The first kappa shape index (κ1) is 13.2. The number of hydrogen-bond donors (Lipinski definition) is 1. The third-order valence-corrected chi connectivity index (χ3v) is 3.13. The minimum absolute atomic E-state index is 0.0536. The first-order valence-electron chi connectivity index (χ1n) is 5.73. The average Bonchev–Trinajstić information content (AvgIpc) is 2.29. The van der Waals surface area contributed by atoms with Crippen LogP contribution in [0.4, 0.5) is 5.69 Å². The molecular weight excluding hydrogens is 212 g/mol. The maximum atomic E-state index is 12.0. The topological polar surface area (TPSA) is 52.9 Å². The Morgan fingerprint density at radius 3 is 2.65 bits per heavy atom. The highest BCUT2D eigenvalue weighted by molar-refractivity contribution is 5.96. The Bertz CT molecular complexity index is 470. The maximum Gasteiger partial charge on any atom is 0.230 e.